The van der Waals surface area contributed by atoms with E-state index in [1.165, 1.54) is 0 Å². The molecule has 0 rings (SSSR count). The number of thiol groups is 1. The van der Waals surface area contributed by atoms with Crippen molar-refractivity contribution in [2.75, 3.05) is 45.9 Å². The molecule has 0 aliphatic rings. The quantitative estimate of drug-likeness (QED) is 0.344. The van der Waals surface area contributed by atoms with Crippen LogP contribution in [0.3, 0.4) is 0 Å². The topological polar surface area (TPSA) is 27.7 Å². The molecular formula is C10H20O3S. The van der Waals surface area contributed by atoms with Crippen LogP contribution in [0.25, 0.3) is 0 Å². The van der Waals surface area contributed by atoms with Gasteiger partial charge in [-0.15, -0.1) is 0 Å². The monoisotopic (exact) mass is 220 g/mol. The largest absolute Gasteiger partial charge is 0.385 e. The molecule has 3 nitrogen and oxygen atoms in total. The van der Waals surface area contributed by atoms with Crippen LogP contribution in [-0.2, 0) is 14.2 Å². The summed E-state index contributed by atoms with van der Waals surface area (Å²) < 4.78 is 15.5. The van der Waals surface area contributed by atoms with Crippen molar-refractivity contribution in [2.45, 2.75) is 6.42 Å². The molecule has 0 saturated heterocycles. The molecule has 0 amide bonds. The first-order valence-electron chi connectivity index (χ1n) is 4.73. The van der Waals surface area contributed by atoms with Crippen LogP contribution in [0.2, 0.25) is 0 Å². The van der Waals surface area contributed by atoms with E-state index in [-0.39, 0.29) is 0 Å². The standard InChI is InChI=1S/C10H20O3S/c1-10(9-14)8-13-7-6-12-5-3-4-11-2/h14H,1,3-9H2,2H3. The third-order valence-corrected chi connectivity index (χ3v) is 1.99. The van der Waals surface area contributed by atoms with Crippen LogP contribution in [0.15, 0.2) is 12.2 Å². The third-order valence-electron chi connectivity index (χ3n) is 1.54. The van der Waals surface area contributed by atoms with E-state index in [4.69, 9.17) is 14.2 Å². The molecule has 0 fully saturated rings. The molecule has 84 valence electrons. The van der Waals surface area contributed by atoms with Crippen molar-refractivity contribution in [3.63, 3.8) is 0 Å². The van der Waals surface area contributed by atoms with E-state index >= 15 is 0 Å². The molecular weight excluding hydrogens is 200 g/mol. The van der Waals surface area contributed by atoms with E-state index in [0.717, 1.165) is 25.2 Å². The van der Waals surface area contributed by atoms with Crippen LogP contribution < -0.4 is 0 Å². The zero-order valence-electron chi connectivity index (χ0n) is 8.83. The zero-order valence-corrected chi connectivity index (χ0v) is 9.72. The van der Waals surface area contributed by atoms with Gasteiger partial charge in [-0.25, -0.2) is 0 Å². The van der Waals surface area contributed by atoms with Gasteiger partial charge in [0.2, 0.25) is 0 Å². The first kappa shape index (κ1) is 14.0. The second kappa shape index (κ2) is 11.0. The summed E-state index contributed by atoms with van der Waals surface area (Å²) in [6.07, 6.45) is 0.930. The van der Waals surface area contributed by atoms with E-state index in [1.807, 2.05) is 0 Å². The van der Waals surface area contributed by atoms with Crippen molar-refractivity contribution in [1.29, 1.82) is 0 Å². The number of methoxy groups -OCH3 is 1. The Morgan fingerprint density at radius 2 is 1.86 bits per heavy atom. The minimum atomic E-state index is 0.574. The van der Waals surface area contributed by atoms with Crippen molar-refractivity contribution in [3.05, 3.63) is 12.2 Å². The SMILES string of the molecule is C=C(CS)COCCOCCCOC. The van der Waals surface area contributed by atoms with Crippen molar-refractivity contribution in [2.24, 2.45) is 0 Å². The van der Waals surface area contributed by atoms with Crippen LogP contribution >= 0.6 is 12.6 Å². The molecule has 14 heavy (non-hydrogen) atoms. The Kier molecular flexibility index (Phi) is 11.0. The molecule has 0 unspecified atom stereocenters. The van der Waals surface area contributed by atoms with E-state index in [2.05, 4.69) is 19.2 Å². The fourth-order valence-corrected chi connectivity index (χ4v) is 0.879. The third kappa shape index (κ3) is 10.1. The highest BCUT2D eigenvalue weighted by atomic mass is 32.1. The van der Waals surface area contributed by atoms with Crippen LogP contribution in [0.1, 0.15) is 6.42 Å². The first-order valence-corrected chi connectivity index (χ1v) is 5.36. The molecule has 0 atom stereocenters. The fraction of sp³-hybridized carbons (Fsp3) is 0.800. The Labute approximate surface area is 91.8 Å². The molecule has 0 bridgehead atoms. The van der Waals surface area contributed by atoms with Gasteiger partial charge >= 0.3 is 0 Å². The first-order chi connectivity index (χ1) is 6.81. The maximum atomic E-state index is 5.30. The molecule has 0 saturated carbocycles. The second-order valence-electron chi connectivity index (χ2n) is 2.92. The second-order valence-corrected chi connectivity index (χ2v) is 3.24. The summed E-state index contributed by atoms with van der Waals surface area (Å²) in [5.74, 6) is 0.675. The molecule has 0 spiro atoms. The van der Waals surface area contributed by atoms with Crippen molar-refractivity contribution in [1.82, 2.24) is 0 Å². The molecule has 0 aromatic rings. The minimum absolute atomic E-state index is 0.574. The Morgan fingerprint density at radius 3 is 2.50 bits per heavy atom. The highest BCUT2D eigenvalue weighted by molar-refractivity contribution is 7.80. The summed E-state index contributed by atoms with van der Waals surface area (Å²) in [7, 11) is 1.69. The number of ether oxygens (including phenoxy) is 3. The van der Waals surface area contributed by atoms with E-state index in [1.54, 1.807) is 7.11 Å². The van der Waals surface area contributed by atoms with Gasteiger partial charge < -0.3 is 14.2 Å². The van der Waals surface area contributed by atoms with Gasteiger partial charge in [0.15, 0.2) is 0 Å². The Morgan fingerprint density at radius 1 is 1.14 bits per heavy atom. The molecule has 0 aliphatic carbocycles. The van der Waals surface area contributed by atoms with Gasteiger partial charge in [0.25, 0.3) is 0 Å². The zero-order chi connectivity index (χ0) is 10.6. The predicted octanol–water partition coefficient (Wildman–Crippen LogP) is 1.54. The van der Waals surface area contributed by atoms with Gasteiger partial charge in [-0.05, 0) is 12.0 Å². The summed E-state index contributed by atoms with van der Waals surface area (Å²) in [4.78, 5) is 0. The van der Waals surface area contributed by atoms with Gasteiger partial charge in [-0.1, -0.05) is 6.58 Å². The van der Waals surface area contributed by atoms with E-state index in [0.29, 0.717) is 25.6 Å². The normalized spacial score (nSPS) is 10.4. The van der Waals surface area contributed by atoms with Gasteiger partial charge in [0, 0.05) is 26.1 Å². The van der Waals surface area contributed by atoms with Gasteiger partial charge in [-0.2, -0.15) is 12.6 Å². The highest BCUT2D eigenvalue weighted by Crippen LogP contribution is 1.93. The Hall–Kier alpha value is -0.0300. The molecule has 0 aliphatic heterocycles. The average Bonchev–Trinajstić information content (AvgIpc) is 2.21. The average molecular weight is 220 g/mol. The molecule has 4 heteroatoms. The molecule has 0 N–H and O–H groups in total. The smallest absolute Gasteiger partial charge is 0.0704 e. The molecule has 0 aromatic heterocycles. The van der Waals surface area contributed by atoms with Crippen LogP contribution in [-0.4, -0.2) is 45.9 Å². The molecule has 0 aromatic carbocycles. The summed E-state index contributed by atoms with van der Waals surface area (Å²) in [5.41, 5.74) is 0.993. The number of hydrogen-bond donors (Lipinski definition) is 1. The molecule has 0 heterocycles. The Bertz CT molecular complexity index is 139. The van der Waals surface area contributed by atoms with E-state index in [9.17, 15) is 0 Å². The number of rotatable bonds is 10. The maximum Gasteiger partial charge on any atom is 0.0704 e. The summed E-state index contributed by atoms with van der Waals surface area (Å²) in [6, 6.07) is 0. The highest BCUT2D eigenvalue weighted by Gasteiger charge is 1.92. The minimum Gasteiger partial charge on any atom is -0.385 e. The fourth-order valence-electron chi connectivity index (χ4n) is 0.787. The van der Waals surface area contributed by atoms with Crippen LogP contribution in [0.5, 0.6) is 0 Å². The van der Waals surface area contributed by atoms with Gasteiger partial charge in [0.05, 0.1) is 19.8 Å². The molecule has 0 radical (unpaired) electrons. The summed E-state index contributed by atoms with van der Waals surface area (Å²) >= 11 is 4.07. The van der Waals surface area contributed by atoms with Crippen LogP contribution in [0, 0.1) is 0 Å². The Balaban J connectivity index is 2.95. The summed E-state index contributed by atoms with van der Waals surface area (Å²) in [6.45, 7) is 7.06. The lowest BCUT2D eigenvalue weighted by Crippen LogP contribution is -2.08. The maximum absolute atomic E-state index is 5.30. The number of hydrogen-bond acceptors (Lipinski definition) is 4. The van der Waals surface area contributed by atoms with E-state index < -0.39 is 0 Å². The van der Waals surface area contributed by atoms with Crippen LogP contribution in [0.4, 0.5) is 0 Å². The predicted molar refractivity (Wildman–Crippen MR) is 61.1 cm³/mol. The summed E-state index contributed by atoms with van der Waals surface area (Å²) in [5, 5.41) is 0. The lowest BCUT2D eigenvalue weighted by atomic mass is 10.4. The van der Waals surface area contributed by atoms with Gasteiger partial charge in [0.1, 0.15) is 0 Å². The van der Waals surface area contributed by atoms with Crippen molar-refractivity contribution >= 4 is 12.6 Å². The lowest BCUT2D eigenvalue weighted by molar-refractivity contribution is 0.0471. The van der Waals surface area contributed by atoms with Gasteiger partial charge in [-0.3, -0.25) is 0 Å². The lowest BCUT2D eigenvalue weighted by Gasteiger charge is -2.06. The van der Waals surface area contributed by atoms with Crippen molar-refractivity contribution < 1.29 is 14.2 Å². The van der Waals surface area contributed by atoms with Crippen molar-refractivity contribution in [3.8, 4) is 0 Å².